The first-order chi connectivity index (χ1) is 11.0. The maximum Gasteiger partial charge on any atom is 0.257 e. The summed E-state index contributed by atoms with van der Waals surface area (Å²) in [6, 6.07) is 9.01. The van der Waals surface area contributed by atoms with Crippen LogP contribution in [0.2, 0.25) is 5.02 Å². The second kappa shape index (κ2) is 7.33. The van der Waals surface area contributed by atoms with E-state index in [0.29, 0.717) is 16.5 Å². The lowest BCUT2D eigenvalue weighted by molar-refractivity contribution is 0.0780. The third-order valence-electron chi connectivity index (χ3n) is 3.39. The SMILES string of the molecule is COc1ccc(Cl)cc1CN(C)C(=O)c1cc(F)ccc1OC. The van der Waals surface area contributed by atoms with Crippen LogP contribution in [0, 0.1) is 5.82 Å². The summed E-state index contributed by atoms with van der Waals surface area (Å²) in [4.78, 5) is 14.0. The predicted octanol–water partition coefficient (Wildman–Crippen LogP) is 3.77. The van der Waals surface area contributed by atoms with Crippen molar-refractivity contribution in [3.8, 4) is 11.5 Å². The molecule has 0 fully saturated rings. The van der Waals surface area contributed by atoms with Gasteiger partial charge in [-0.1, -0.05) is 11.6 Å². The Morgan fingerprint density at radius 2 is 1.78 bits per heavy atom. The molecule has 2 aromatic rings. The van der Waals surface area contributed by atoms with Crippen LogP contribution in [0.1, 0.15) is 15.9 Å². The number of rotatable bonds is 5. The summed E-state index contributed by atoms with van der Waals surface area (Å²) in [6.07, 6.45) is 0. The lowest BCUT2D eigenvalue weighted by Crippen LogP contribution is -2.27. The Labute approximate surface area is 139 Å². The first kappa shape index (κ1) is 17.1. The minimum atomic E-state index is -0.497. The molecule has 0 aliphatic rings. The highest BCUT2D eigenvalue weighted by Gasteiger charge is 2.19. The third-order valence-corrected chi connectivity index (χ3v) is 3.62. The van der Waals surface area contributed by atoms with Gasteiger partial charge in [0.25, 0.3) is 5.91 Å². The number of carbonyl (C=O) groups excluding carboxylic acids is 1. The Balaban J connectivity index is 2.27. The molecule has 0 spiro atoms. The smallest absolute Gasteiger partial charge is 0.257 e. The normalized spacial score (nSPS) is 10.3. The van der Waals surface area contributed by atoms with E-state index in [0.717, 1.165) is 11.6 Å². The zero-order valence-electron chi connectivity index (χ0n) is 13.1. The molecule has 4 nitrogen and oxygen atoms in total. The van der Waals surface area contributed by atoms with Crippen LogP contribution in [0.25, 0.3) is 0 Å². The number of benzene rings is 2. The van der Waals surface area contributed by atoms with Gasteiger partial charge in [-0.2, -0.15) is 0 Å². The van der Waals surface area contributed by atoms with Gasteiger partial charge in [0.15, 0.2) is 0 Å². The van der Waals surface area contributed by atoms with Gasteiger partial charge in [0, 0.05) is 24.2 Å². The fourth-order valence-electron chi connectivity index (χ4n) is 2.25. The standard InChI is InChI=1S/C17H17ClFNO3/c1-20(10-11-8-12(18)4-6-15(11)22-2)17(21)14-9-13(19)5-7-16(14)23-3/h4-9H,10H2,1-3H3. The Hall–Kier alpha value is -2.27. The van der Waals surface area contributed by atoms with Crippen molar-refractivity contribution in [2.45, 2.75) is 6.54 Å². The highest BCUT2D eigenvalue weighted by atomic mass is 35.5. The Kier molecular flexibility index (Phi) is 5.45. The first-order valence-corrected chi connectivity index (χ1v) is 7.25. The lowest BCUT2D eigenvalue weighted by atomic mass is 10.1. The largest absolute Gasteiger partial charge is 0.496 e. The molecule has 0 heterocycles. The second-order valence-electron chi connectivity index (χ2n) is 4.96. The van der Waals surface area contributed by atoms with Crippen molar-refractivity contribution in [2.75, 3.05) is 21.3 Å². The van der Waals surface area contributed by atoms with Crippen LogP contribution in [0.4, 0.5) is 4.39 Å². The van der Waals surface area contributed by atoms with Crippen LogP contribution in [-0.2, 0) is 6.54 Å². The zero-order chi connectivity index (χ0) is 17.0. The van der Waals surface area contributed by atoms with E-state index < -0.39 is 5.82 Å². The van der Waals surface area contributed by atoms with Gasteiger partial charge >= 0.3 is 0 Å². The second-order valence-corrected chi connectivity index (χ2v) is 5.40. The highest BCUT2D eigenvalue weighted by Crippen LogP contribution is 2.26. The zero-order valence-corrected chi connectivity index (χ0v) is 13.9. The molecule has 0 unspecified atom stereocenters. The van der Waals surface area contributed by atoms with E-state index in [1.54, 1.807) is 32.4 Å². The first-order valence-electron chi connectivity index (χ1n) is 6.87. The molecule has 23 heavy (non-hydrogen) atoms. The average Bonchev–Trinajstić information content (AvgIpc) is 2.54. The summed E-state index contributed by atoms with van der Waals surface area (Å²) in [6.45, 7) is 0.266. The maximum absolute atomic E-state index is 13.4. The molecule has 0 atom stereocenters. The van der Waals surface area contributed by atoms with Crippen LogP contribution >= 0.6 is 11.6 Å². The summed E-state index contributed by atoms with van der Waals surface area (Å²) in [5, 5.41) is 0.546. The van der Waals surface area contributed by atoms with Gasteiger partial charge in [-0.15, -0.1) is 0 Å². The number of ether oxygens (including phenoxy) is 2. The number of nitrogens with zero attached hydrogens (tertiary/aromatic N) is 1. The van der Waals surface area contributed by atoms with Crippen molar-refractivity contribution in [3.05, 3.63) is 58.4 Å². The monoisotopic (exact) mass is 337 g/mol. The van der Waals surface area contributed by atoms with Crippen LogP contribution < -0.4 is 9.47 Å². The average molecular weight is 338 g/mol. The van der Waals surface area contributed by atoms with Crippen molar-refractivity contribution >= 4 is 17.5 Å². The maximum atomic E-state index is 13.4. The molecule has 122 valence electrons. The fourth-order valence-corrected chi connectivity index (χ4v) is 2.45. The van der Waals surface area contributed by atoms with Crippen LogP contribution in [0.15, 0.2) is 36.4 Å². The van der Waals surface area contributed by atoms with Gasteiger partial charge in [-0.25, -0.2) is 4.39 Å². The molecule has 0 saturated carbocycles. The van der Waals surface area contributed by atoms with Crippen molar-refractivity contribution in [1.82, 2.24) is 4.90 Å². The van der Waals surface area contributed by atoms with Gasteiger partial charge < -0.3 is 14.4 Å². The molecule has 0 bridgehead atoms. The Morgan fingerprint density at radius 1 is 1.13 bits per heavy atom. The topological polar surface area (TPSA) is 38.8 Å². The van der Waals surface area contributed by atoms with Crippen molar-refractivity contribution in [2.24, 2.45) is 0 Å². The van der Waals surface area contributed by atoms with Gasteiger partial charge in [0.05, 0.1) is 19.8 Å². The van der Waals surface area contributed by atoms with Crippen LogP contribution in [-0.4, -0.2) is 32.1 Å². The summed E-state index contributed by atoms with van der Waals surface area (Å²) in [7, 11) is 4.60. The Bertz CT molecular complexity index is 721. The summed E-state index contributed by atoms with van der Waals surface area (Å²) < 4.78 is 23.8. The van der Waals surface area contributed by atoms with E-state index >= 15 is 0 Å². The van der Waals surface area contributed by atoms with E-state index in [-0.39, 0.29) is 18.0 Å². The van der Waals surface area contributed by atoms with Gasteiger partial charge in [0.1, 0.15) is 17.3 Å². The minimum absolute atomic E-state index is 0.163. The molecule has 2 rings (SSSR count). The number of carbonyl (C=O) groups is 1. The number of hydrogen-bond acceptors (Lipinski definition) is 3. The molecule has 1 amide bonds. The molecular weight excluding hydrogens is 321 g/mol. The molecule has 0 aliphatic carbocycles. The van der Waals surface area contributed by atoms with Crippen molar-refractivity contribution in [3.63, 3.8) is 0 Å². The van der Waals surface area contributed by atoms with E-state index in [9.17, 15) is 9.18 Å². The van der Waals surface area contributed by atoms with Crippen LogP contribution in [0.3, 0.4) is 0 Å². The molecule has 6 heteroatoms. The minimum Gasteiger partial charge on any atom is -0.496 e. The van der Waals surface area contributed by atoms with E-state index in [1.807, 2.05) is 0 Å². The lowest BCUT2D eigenvalue weighted by Gasteiger charge is -2.20. The summed E-state index contributed by atoms with van der Waals surface area (Å²) >= 11 is 5.99. The van der Waals surface area contributed by atoms with Gasteiger partial charge in [0.2, 0.25) is 0 Å². The van der Waals surface area contributed by atoms with E-state index in [4.69, 9.17) is 21.1 Å². The molecule has 0 N–H and O–H groups in total. The molecule has 2 aromatic carbocycles. The van der Waals surface area contributed by atoms with Crippen molar-refractivity contribution in [1.29, 1.82) is 0 Å². The number of hydrogen-bond donors (Lipinski definition) is 0. The van der Waals surface area contributed by atoms with E-state index in [1.165, 1.54) is 24.1 Å². The summed E-state index contributed by atoms with van der Waals surface area (Å²) in [5.74, 6) is 0.0906. The Morgan fingerprint density at radius 3 is 2.43 bits per heavy atom. The number of halogens is 2. The van der Waals surface area contributed by atoms with Crippen molar-refractivity contribution < 1.29 is 18.7 Å². The fraction of sp³-hybridized carbons (Fsp3) is 0.235. The number of methoxy groups -OCH3 is 2. The van der Waals surface area contributed by atoms with Crippen LogP contribution in [0.5, 0.6) is 11.5 Å². The van der Waals surface area contributed by atoms with Gasteiger partial charge in [-0.3, -0.25) is 4.79 Å². The quantitative estimate of drug-likeness (QED) is 0.833. The predicted molar refractivity (Wildman–Crippen MR) is 86.8 cm³/mol. The van der Waals surface area contributed by atoms with E-state index in [2.05, 4.69) is 0 Å². The molecule has 0 aliphatic heterocycles. The molecular formula is C17H17ClFNO3. The number of amides is 1. The molecule has 0 aromatic heterocycles. The summed E-state index contributed by atoms with van der Waals surface area (Å²) in [5.41, 5.74) is 0.919. The molecule has 0 saturated heterocycles. The third kappa shape index (κ3) is 3.93. The highest BCUT2D eigenvalue weighted by molar-refractivity contribution is 6.30. The van der Waals surface area contributed by atoms with Gasteiger partial charge in [-0.05, 0) is 36.4 Å². The molecule has 0 radical (unpaired) electrons.